The fourth-order valence-electron chi connectivity index (χ4n) is 7.11. The molecule has 0 aliphatic rings. The zero-order chi connectivity index (χ0) is 49.3. The van der Waals surface area contributed by atoms with Gasteiger partial charge in [-0.05, 0) is 96.3 Å². The summed E-state index contributed by atoms with van der Waals surface area (Å²) in [5.74, 6) is -1.07. The molecule has 0 saturated heterocycles. The Bertz CT molecular complexity index is 1450. The smallest absolute Gasteiger partial charge is 0.306 e. The molecule has 0 aliphatic heterocycles. The summed E-state index contributed by atoms with van der Waals surface area (Å²) in [6.45, 7) is 6.38. The SMILES string of the molecule is CC/C=C/C/C=C\C/C=C/C/C=C/C/C=C/C/C=C/CCC(=O)OCC(COC(=O)CCC/C=C/C/C=C/C/C=C\C/C=C/CCCCCC)OC(=O)CCCCCCCCCCCCCCC. The first-order valence-electron chi connectivity index (χ1n) is 27.5. The highest BCUT2D eigenvalue weighted by Crippen LogP contribution is 2.14. The van der Waals surface area contributed by atoms with E-state index in [1.165, 1.54) is 96.3 Å². The fraction of sp³-hybridized carbons (Fsp3) is 0.629. The molecule has 0 heterocycles. The zero-order valence-electron chi connectivity index (χ0n) is 43.8. The van der Waals surface area contributed by atoms with Crippen molar-refractivity contribution in [2.75, 3.05) is 13.2 Å². The van der Waals surface area contributed by atoms with Gasteiger partial charge < -0.3 is 14.2 Å². The molecule has 1 unspecified atom stereocenters. The zero-order valence-corrected chi connectivity index (χ0v) is 43.8. The number of esters is 3. The summed E-state index contributed by atoms with van der Waals surface area (Å²) in [5.41, 5.74) is 0. The van der Waals surface area contributed by atoms with Crippen LogP contribution in [0.5, 0.6) is 0 Å². The van der Waals surface area contributed by atoms with Gasteiger partial charge in [-0.2, -0.15) is 0 Å². The van der Waals surface area contributed by atoms with Gasteiger partial charge in [-0.1, -0.05) is 239 Å². The van der Waals surface area contributed by atoms with Crippen molar-refractivity contribution >= 4 is 17.9 Å². The third-order valence-corrected chi connectivity index (χ3v) is 11.2. The average Bonchev–Trinajstić information content (AvgIpc) is 3.34. The van der Waals surface area contributed by atoms with Crippen LogP contribution < -0.4 is 0 Å². The summed E-state index contributed by atoms with van der Waals surface area (Å²) < 4.78 is 16.7. The van der Waals surface area contributed by atoms with Gasteiger partial charge in [-0.3, -0.25) is 14.4 Å². The van der Waals surface area contributed by atoms with Crippen LogP contribution in [0.25, 0.3) is 0 Å². The molecule has 0 rings (SSSR count). The van der Waals surface area contributed by atoms with Gasteiger partial charge in [-0.25, -0.2) is 0 Å². The molecule has 0 saturated carbocycles. The molecule has 0 radical (unpaired) electrons. The van der Waals surface area contributed by atoms with E-state index < -0.39 is 6.10 Å². The lowest BCUT2D eigenvalue weighted by atomic mass is 10.0. The third kappa shape index (κ3) is 52.8. The van der Waals surface area contributed by atoms with Crippen molar-refractivity contribution in [3.8, 4) is 0 Å². The molecular weight excluding hydrogens is 841 g/mol. The Morgan fingerprint density at radius 1 is 0.309 bits per heavy atom. The van der Waals surface area contributed by atoms with Gasteiger partial charge in [0.05, 0.1) is 0 Å². The highest BCUT2D eigenvalue weighted by atomic mass is 16.6. The van der Waals surface area contributed by atoms with Gasteiger partial charge in [0.15, 0.2) is 6.10 Å². The van der Waals surface area contributed by atoms with E-state index in [1.807, 2.05) is 12.2 Å². The van der Waals surface area contributed by atoms with Crippen molar-refractivity contribution in [3.05, 3.63) is 122 Å². The number of rotatable bonds is 48. The molecule has 1 atom stereocenters. The molecule has 0 spiro atoms. The summed E-state index contributed by atoms with van der Waals surface area (Å²) in [4.78, 5) is 38.0. The Morgan fingerprint density at radius 3 is 1.03 bits per heavy atom. The molecule has 6 nitrogen and oxygen atoms in total. The Morgan fingerprint density at radius 2 is 0.618 bits per heavy atom. The third-order valence-electron chi connectivity index (χ3n) is 11.2. The Balaban J connectivity index is 4.58. The molecule has 0 amide bonds. The molecule has 384 valence electrons. The van der Waals surface area contributed by atoms with Crippen LogP contribution in [-0.2, 0) is 28.6 Å². The first kappa shape index (κ1) is 63.8. The van der Waals surface area contributed by atoms with E-state index in [-0.39, 0.29) is 44.0 Å². The van der Waals surface area contributed by atoms with Crippen LogP contribution in [-0.4, -0.2) is 37.2 Å². The van der Waals surface area contributed by atoms with Crippen molar-refractivity contribution in [3.63, 3.8) is 0 Å². The van der Waals surface area contributed by atoms with Crippen LogP contribution in [0.2, 0.25) is 0 Å². The largest absolute Gasteiger partial charge is 0.462 e. The van der Waals surface area contributed by atoms with Gasteiger partial charge in [0.25, 0.3) is 0 Å². The van der Waals surface area contributed by atoms with E-state index in [0.29, 0.717) is 19.3 Å². The highest BCUT2D eigenvalue weighted by molar-refractivity contribution is 5.71. The van der Waals surface area contributed by atoms with Crippen LogP contribution >= 0.6 is 0 Å². The molecule has 68 heavy (non-hydrogen) atoms. The molecule has 0 fully saturated rings. The fourth-order valence-corrected chi connectivity index (χ4v) is 7.11. The van der Waals surface area contributed by atoms with Crippen molar-refractivity contribution in [1.29, 1.82) is 0 Å². The van der Waals surface area contributed by atoms with E-state index in [1.54, 1.807) is 0 Å². The lowest BCUT2D eigenvalue weighted by Gasteiger charge is -2.18. The van der Waals surface area contributed by atoms with Gasteiger partial charge in [0.1, 0.15) is 13.2 Å². The van der Waals surface area contributed by atoms with Crippen LogP contribution in [0.15, 0.2) is 122 Å². The molecule has 0 aromatic heterocycles. The summed E-state index contributed by atoms with van der Waals surface area (Å²) in [5, 5.41) is 0. The predicted octanol–water partition coefficient (Wildman–Crippen LogP) is 18.5. The Kier molecular flexibility index (Phi) is 52.0. The second-order valence-electron chi connectivity index (χ2n) is 17.8. The van der Waals surface area contributed by atoms with Crippen LogP contribution in [0.4, 0.5) is 0 Å². The minimum absolute atomic E-state index is 0.131. The first-order valence-corrected chi connectivity index (χ1v) is 27.5. The van der Waals surface area contributed by atoms with Crippen molar-refractivity contribution in [2.45, 2.75) is 239 Å². The van der Waals surface area contributed by atoms with Gasteiger partial charge in [0.2, 0.25) is 0 Å². The average molecular weight is 941 g/mol. The number of hydrogen-bond acceptors (Lipinski definition) is 6. The van der Waals surface area contributed by atoms with E-state index in [2.05, 4.69) is 130 Å². The molecule has 0 N–H and O–H groups in total. The summed E-state index contributed by atoms with van der Waals surface area (Å²) in [6.07, 6.45) is 76.3. The van der Waals surface area contributed by atoms with E-state index in [9.17, 15) is 14.4 Å². The van der Waals surface area contributed by atoms with Crippen LogP contribution in [0, 0.1) is 0 Å². The molecule has 0 aromatic rings. The van der Waals surface area contributed by atoms with E-state index >= 15 is 0 Å². The van der Waals surface area contributed by atoms with Crippen LogP contribution in [0.3, 0.4) is 0 Å². The summed E-state index contributed by atoms with van der Waals surface area (Å²) in [6, 6.07) is 0. The van der Waals surface area contributed by atoms with Gasteiger partial charge in [-0.15, -0.1) is 0 Å². The Labute approximate surface area is 418 Å². The van der Waals surface area contributed by atoms with Crippen molar-refractivity contribution < 1.29 is 28.6 Å². The molecule has 6 heteroatoms. The second-order valence-corrected chi connectivity index (χ2v) is 17.8. The van der Waals surface area contributed by atoms with Gasteiger partial charge >= 0.3 is 17.9 Å². The highest BCUT2D eigenvalue weighted by Gasteiger charge is 2.19. The number of carbonyl (C=O) groups excluding carboxylic acids is 3. The quantitative estimate of drug-likeness (QED) is 0.0262. The number of allylic oxidation sites excluding steroid dienone is 20. The Hall–Kier alpha value is -4.19. The maximum absolute atomic E-state index is 12.8. The van der Waals surface area contributed by atoms with E-state index in [4.69, 9.17) is 14.2 Å². The van der Waals surface area contributed by atoms with Crippen LogP contribution in [0.1, 0.15) is 233 Å². The number of carbonyl (C=O) groups is 3. The van der Waals surface area contributed by atoms with Gasteiger partial charge in [0, 0.05) is 19.3 Å². The lowest BCUT2D eigenvalue weighted by Crippen LogP contribution is -2.30. The predicted molar refractivity (Wildman–Crippen MR) is 293 cm³/mol. The summed E-state index contributed by atoms with van der Waals surface area (Å²) in [7, 11) is 0. The maximum atomic E-state index is 12.8. The lowest BCUT2D eigenvalue weighted by molar-refractivity contribution is -0.166. The topological polar surface area (TPSA) is 78.9 Å². The molecule has 0 bridgehead atoms. The molecule has 0 aromatic carbocycles. The minimum atomic E-state index is -0.832. The first-order chi connectivity index (χ1) is 33.5. The van der Waals surface area contributed by atoms with Crippen molar-refractivity contribution in [1.82, 2.24) is 0 Å². The number of ether oxygens (including phenoxy) is 3. The van der Waals surface area contributed by atoms with E-state index in [0.717, 1.165) is 83.5 Å². The summed E-state index contributed by atoms with van der Waals surface area (Å²) >= 11 is 0. The standard InChI is InChI=1S/C62H100O6/c1-4-7-10-13-16-19-22-25-27-29-31-33-35-38-40-43-46-49-52-55-61(64)67-58-59(68-62(65)56-53-50-47-44-41-36-24-21-18-15-12-9-6-3)57-66-60(63)54-51-48-45-42-39-37-34-32-30-28-26-23-20-17-14-11-8-5-2/h7,10,16,19-20,23,25,27-28,30-31,33-34,37-38,40,42,45-46,49,59H,4-6,8-9,11-15,17-18,21-22,24,26,29,32,35-36,39,41,43-44,47-48,50-58H2,1-3H3/b10-7+,19-16-,23-20+,27-25+,30-28-,33-31+,37-34+,40-38+,45-42+,49-46+. The number of unbranched alkanes of at least 4 members (excludes halogenated alkanes) is 17. The minimum Gasteiger partial charge on any atom is -0.462 e. The van der Waals surface area contributed by atoms with Crippen molar-refractivity contribution in [2.24, 2.45) is 0 Å². The monoisotopic (exact) mass is 941 g/mol. The second kappa shape index (κ2) is 55.4. The molecular formula is C62H100O6. The molecule has 0 aliphatic carbocycles. The number of hydrogen-bond donors (Lipinski definition) is 0. The normalized spacial score (nSPS) is 13.0. The maximum Gasteiger partial charge on any atom is 0.306 e.